The van der Waals surface area contributed by atoms with Crippen molar-refractivity contribution in [3.05, 3.63) is 109 Å². The van der Waals surface area contributed by atoms with E-state index in [9.17, 15) is 14.4 Å². The van der Waals surface area contributed by atoms with Crippen LogP contribution in [0.15, 0.2) is 109 Å². The number of esters is 3. The lowest BCUT2D eigenvalue weighted by Crippen LogP contribution is -2.30. The molecule has 0 aliphatic carbocycles. The van der Waals surface area contributed by atoms with Crippen molar-refractivity contribution < 1.29 is 28.6 Å². The standard InChI is InChI=1S/C51H80O6/c1-4-7-10-13-16-19-22-25-28-31-34-37-40-43-49(52)55-46-48(57-51(54)45-42-39-36-33-30-27-24-21-18-15-12-9-6-3)47-56-50(53)44-41-38-35-32-29-26-23-20-17-14-11-8-5-2/h7,9-10,12-13,15-16,18-19,21-22,24-26,28-29,31,34,48H,4-6,8,11,14,17,20,23,27,30,32-33,35-47H2,1-3H3/b10-7-,12-9-,16-13-,18-15-,22-19-,24-21-,28-25-,29-26-,34-31-. The number of rotatable bonds is 38. The number of carbonyl (C=O) groups is 3. The lowest BCUT2D eigenvalue weighted by atomic mass is 10.1. The molecular formula is C51H80O6. The molecule has 0 rings (SSSR count). The summed E-state index contributed by atoms with van der Waals surface area (Å²) in [5.74, 6) is -1.05. The quantitative estimate of drug-likeness (QED) is 0.0204. The predicted molar refractivity (Wildman–Crippen MR) is 242 cm³/mol. The molecule has 0 aromatic heterocycles. The van der Waals surface area contributed by atoms with Crippen LogP contribution < -0.4 is 0 Å². The molecule has 0 saturated carbocycles. The van der Waals surface area contributed by atoms with E-state index in [-0.39, 0.29) is 44.0 Å². The van der Waals surface area contributed by atoms with Gasteiger partial charge in [0.05, 0.1) is 0 Å². The van der Waals surface area contributed by atoms with E-state index < -0.39 is 6.10 Å². The summed E-state index contributed by atoms with van der Waals surface area (Å²) >= 11 is 0. The Bertz CT molecular complexity index is 1230. The van der Waals surface area contributed by atoms with E-state index in [1.807, 2.05) is 60.8 Å². The van der Waals surface area contributed by atoms with Crippen molar-refractivity contribution in [2.75, 3.05) is 13.2 Å². The molecule has 0 heterocycles. The SMILES string of the molecule is CC\C=C/C=C\C=C/C=C\C=C/CCCC(=O)OCC(COC(=O)CCCCC/C=C\CCCCCCCC)OC(=O)CCCCCCC\C=C/C=C\C=C/CC. The maximum absolute atomic E-state index is 12.7. The van der Waals surface area contributed by atoms with Crippen LogP contribution in [0.4, 0.5) is 0 Å². The smallest absolute Gasteiger partial charge is 0.306 e. The third-order valence-electron chi connectivity index (χ3n) is 8.93. The zero-order valence-electron chi connectivity index (χ0n) is 36.3. The van der Waals surface area contributed by atoms with Gasteiger partial charge in [0.2, 0.25) is 0 Å². The van der Waals surface area contributed by atoms with Crippen LogP contribution in [0.25, 0.3) is 0 Å². The molecule has 0 bridgehead atoms. The van der Waals surface area contributed by atoms with Crippen LogP contribution in [-0.2, 0) is 28.6 Å². The second kappa shape index (κ2) is 44.8. The second-order valence-electron chi connectivity index (χ2n) is 14.4. The van der Waals surface area contributed by atoms with Crippen LogP contribution in [0.5, 0.6) is 0 Å². The number of hydrogen-bond donors (Lipinski definition) is 0. The molecule has 0 radical (unpaired) electrons. The molecule has 0 aliphatic rings. The van der Waals surface area contributed by atoms with E-state index in [2.05, 4.69) is 69.4 Å². The predicted octanol–water partition coefficient (Wildman–Crippen LogP) is 14.4. The minimum absolute atomic E-state index is 0.120. The van der Waals surface area contributed by atoms with Crippen molar-refractivity contribution in [1.29, 1.82) is 0 Å². The number of carbonyl (C=O) groups excluding carboxylic acids is 3. The third kappa shape index (κ3) is 43.0. The van der Waals surface area contributed by atoms with Gasteiger partial charge in [-0.3, -0.25) is 14.4 Å². The highest BCUT2D eigenvalue weighted by Crippen LogP contribution is 2.12. The topological polar surface area (TPSA) is 78.9 Å². The monoisotopic (exact) mass is 789 g/mol. The molecule has 0 aromatic rings. The number of unbranched alkanes of at least 4 members (excludes halogenated alkanes) is 15. The first-order valence-corrected chi connectivity index (χ1v) is 22.5. The van der Waals surface area contributed by atoms with Crippen LogP contribution >= 0.6 is 0 Å². The molecule has 57 heavy (non-hydrogen) atoms. The van der Waals surface area contributed by atoms with Crippen molar-refractivity contribution in [2.45, 2.75) is 181 Å². The van der Waals surface area contributed by atoms with E-state index >= 15 is 0 Å². The van der Waals surface area contributed by atoms with Gasteiger partial charge in [0.1, 0.15) is 13.2 Å². The Hall–Kier alpha value is -3.93. The van der Waals surface area contributed by atoms with Gasteiger partial charge in [-0.1, -0.05) is 188 Å². The summed E-state index contributed by atoms with van der Waals surface area (Å²) in [7, 11) is 0. The Balaban J connectivity index is 4.58. The highest BCUT2D eigenvalue weighted by Gasteiger charge is 2.19. The maximum atomic E-state index is 12.7. The first kappa shape index (κ1) is 53.1. The highest BCUT2D eigenvalue weighted by molar-refractivity contribution is 5.71. The molecule has 6 heteroatoms. The Morgan fingerprint density at radius 1 is 0.368 bits per heavy atom. The average molecular weight is 789 g/mol. The van der Waals surface area contributed by atoms with Crippen LogP contribution in [-0.4, -0.2) is 37.2 Å². The zero-order valence-corrected chi connectivity index (χ0v) is 36.3. The van der Waals surface area contributed by atoms with Gasteiger partial charge >= 0.3 is 17.9 Å². The van der Waals surface area contributed by atoms with Crippen molar-refractivity contribution in [2.24, 2.45) is 0 Å². The van der Waals surface area contributed by atoms with Gasteiger partial charge in [0.15, 0.2) is 6.10 Å². The fourth-order valence-corrected chi connectivity index (χ4v) is 5.58. The first-order chi connectivity index (χ1) is 28.0. The van der Waals surface area contributed by atoms with Crippen LogP contribution in [0.2, 0.25) is 0 Å². The summed E-state index contributed by atoms with van der Waals surface area (Å²) in [5, 5.41) is 0. The molecule has 320 valence electrons. The summed E-state index contributed by atoms with van der Waals surface area (Å²) in [6, 6.07) is 0. The molecule has 0 N–H and O–H groups in total. The number of ether oxygens (including phenoxy) is 3. The van der Waals surface area contributed by atoms with Gasteiger partial charge < -0.3 is 14.2 Å². The molecule has 0 aliphatic heterocycles. The van der Waals surface area contributed by atoms with Gasteiger partial charge in [0, 0.05) is 19.3 Å². The number of hydrogen-bond acceptors (Lipinski definition) is 6. The molecule has 0 amide bonds. The fourth-order valence-electron chi connectivity index (χ4n) is 5.58. The van der Waals surface area contributed by atoms with Crippen LogP contribution in [0.3, 0.4) is 0 Å². The Kier molecular flexibility index (Phi) is 41.7. The summed E-state index contributed by atoms with van der Waals surface area (Å²) in [6.45, 7) is 6.22. The van der Waals surface area contributed by atoms with E-state index in [1.54, 1.807) is 0 Å². The Morgan fingerprint density at radius 3 is 1.21 bits per heavy atom. The van der Waals surface area contributed by atoms with Crippen molar-refractivity contribution >= 4 is 17.9 Å². The first-order valence-electron chi connectivity index (χ1n) is 22.5. The van der Waals surface area contributed by atoms with Gasteiger partial charge in [-0.05, 0) is 77.0 Å². The summed E-state index contributed by atoms with van der Waals surface area (Å²) < 4.78 is 16.6. The maximum Gasteiger partial charge on any atom is 0.306 e. The average Bonchev–Trinajstić information content (AvgIpc) is 3.21. The Morgan fingerprint density at radius 2 is 0.719 bits per heavy atom. The van der Waals surface area contributed by atoms with Gasteiger partial charge in [-0.2, -0.15) is 0 Å². The summed E-state index contributed by atoms with van der Waals surface area (Å²) in [5.41, 5.74) is 0. The molecule has 0 fully saturated rings. The van der Waals surface area contributed by atoms with Gasteiger partial charge in [-0.25, -0.2) is 0 Å². The summed E-state index contributed by atoms with van der Waals surface area (Å²) in [6.07, 6.45) is 59.3. The molecule has 0 aromatic carbocycles. The van der Waals surface area contributed by atoms with E-state index in [0.717, 1.165) is 89.9 Å². The van der Waals surface area contributed by atoms with Crippen LogP contribution in [0.1, 0.15) is 175 Å². The van der Waals surface area contributed by atoms with Crippen LogP contribution in [0, 0.1) is 0 Å². The minimum atomic E-state index is -0.823. The number of allylic oxidation sites excluding steroid dienone is 18. The lowest BCUT2D eigenvalue weighted by molar-refractivity contribution is -0.167. The van der Waals surface area contributed by atoms with E-state index in [4.69, 9.17) is 14.2 Å². The Labute approximate surface area is 349 Å². The van der Waals surface area contributed by atoms with Gasteiger partial charge in [-0.15, -0.1) is 0 Å². The molecule has 0 spiro atoms. The molecule has 1 atom stereocenters. The van der Waals surface area contributed by atoms with Crippen molar-refractivity contribution in [3.63, 3.8) is 0 Å². The highest BCUT2D eigenvalue weighted by atomic mass is 16.6. The molecule has 1 unspecified atom stereocenters. The third-order valence-corrected chi connectivity index (χ3v) is 8.93. The zero-order chi connectivity index (χ0) is 41.5. The normalized spacial score (nSPS) is 13.1. The molecular weight excluding hydrogens is 709 g/mol. The van der Waals surface area contributed by atoms with Crippen molar-refractivity contribution in [1.82, 2.24) is 0 Å². The molecule has 6 nitrogen and oxygen atoms in total. The lowest BCUT2D eigenvalue weighted by Gasteiger charge is -2.18. The van der Waals surface area contributed by atoms with E-state index in [1.165, 1.54) is 38.5 Å². The molecule has 0 saturated heterocycles. The van der Waals surface area contributed by atoms with E-state index in [0.29, 0.717) is 12.8 Å². The fraction of sp³-hybridized carbons (Fsp3) is 0.588. The minimum Gasteiger partial charge on any atom is -0.462 e. The summed E-state index contributed by atoms with van der Waals surface area (Å²) in [4.78, 5) is 37.7. The second-order valence-corrected chi connectivity index (χ2v) is 14.4. The van der Waals surface area contributed by atoms with Crippen molar-refractivity contribution in [3.8, 4) is 0 Å². The van der Waals surface area contributed by atoms with Gasteiger partial charge in [0.25, 0.3) is 0 Å². The largest absolute Gasteiger partial charge is 0.462 e.